The second-order valence-corrected chi connectivity index (χ2v) is 9.91. The monoisotopic (exact) mass is 507 g/mol. The summed E-state index contributed by atoms with van der Waals surface area (Å²) >= 11 is 0. The van der Waals surface area contributed by atoms with Gasteiger partial charge < -0.3 is 4.74 Å². The molecule has 0 radical (unpaired) electrons. The van der Waals surface area contributed by atoms with Gasteiger partial charge in [0.25, 0.3) is 0 Å². The van der Waals surface area contributed by atoms with Crippen LogP contribution >= 0.6 is 0 Å². The number of alkyl halides is 6. The van der Waals surface area contributed by atoms with Gasteiger partial charge >= 0.3 is 18.3 Å². The number of hydrogen-bond donors (Lipinski definition) is 0. The number of anilines is 1. The molecule has 1 rings (SSSR count). The van der Waals surface area contributed by atoms with Crippen LogP contribution in [0.25, 0.3) is 0 Å². The summed E-state index contributed by atoms with van der Waals surface area (Å²) in [6.07, 6.45) is -14.5. The number of rotatable bonds is 8. The molecule has 0 unspecified atom stereocenters. The van der Waals surface area contributed by atoms with Gasteiger partial charge in [0, 0.05) is 0 Å². The molecule has 0 aliphatic carbocycles. The Morgan fingerprint density at radius 3 is 1.68 bits per heavy atom. The summed E-state index contributed by atoms with van der Waals surface area (Å²) in [7, 11) is -10.7. The van der Waals surface area contributed by atoms with E-state index in [9.17, 15) is 56.8 Å². The third-order valence-electron chi connectivity index (χ3n) is 3.45. The van der Waals surface area contributed by atoms with E-state index < -0.39 is 89.3 Å². The van der Waals surface area contributed by atoms with E-state index in [1.807, 2.05) is 0 Å². The molecule has 0 bridgehead atoms. The van der Waals surface area contributed by atoms with Crippen LogP contribution < -0.4 is 3.71 Å². The summed E-state index contributed by atoms with van der Waals surface area (Å²) < 4.78 is 155. The number of halogens is 8. The topological polar surface area (TPSA) is 97.8 Å². The third-order valence-corrected chi connectivity index (χ3v) is 7.66. The fraction of sp³-hybridized carbons (Fsp3) is 0.500. The van der Waals surface area contributed by atoms with Crippen molar-refractivity contribution in [3.8, 4) is 0 Å². The van der Waals surface area contributed by atoms with Gasteiger partial charge in [0.1, 0.15) is 17.1 Å². The molecule has 0 aliphatic rings. The van der Waals surface area contributed by atoms with E-state index >= 15 is 0 Å². The van der Waals surface area contributed by atoms with Crippen molar-refractivity contribution in [2.75, 3.05) is 22.3 Å². The molecule has 0 heterocycles. The lowest BCUT2D eigenvalue weighted by atomic mass is 10.2. The zero-order valence-electron chi connectivity index (χ0n) is 15.2. The number of carbonyl (C=O) groups excluding carboxylic acids is 1. The molecule has 0 fully saturated rings. The van der Waals surface area contributed by atoms with Crippen molar-refractivity contribution in [3.05, 3.63) is 29.3 Å². The van der Waals surface area contributed by atoms with Gasteiger partial charge in [0.2, 0.25) is 20.0 Å². The zero-order chi connectivity index (χ0) is 24.4. The van der Waals surface area contributed by atoms with Crippen LogP contribution in [0.4, 0.5) is 40.8 Å². The van der Waals surface area contributed by atoms with Gasteiger partial charge in [0.05, 0.1) is 31.5 Å². The highest BCUT2D eigenvalue weighted by Gasteiger charge is 2.42. The Morgan fingerprint density at radius 1 is 0.903 bits per heavy atom. The van der Waals surface area contributed by atoms with Crippen LogP contribution in [0, 0.1) is 11.6 Å². The molecule has 1 aromatic carbocycles. The fourth-order valence-corrected chi connectivity index (χ4v) is 6.12. The van der Waals surface area contributed by atoms with Crippen molar-refractivity contribution in [2.45, 2.75) is 25.2 Å². The predicted molar refractivity (Wildman–Crippen MR) is 89.1 cm³/mol. The summed E-state index contributed by atoms with van der Waals surface area (Å²) in [6, 6.07) is 0.323. The number of nitrogens with zero attached hydrogens (tertiary/aromatic N) is 1. The summed E-state index contributed by atoms with van der Waals surface area (Å²) in [4.78, 5) is 11.5. The summed E-state index contributed by atoms with van der Waals surface area (Å²) in [5, 5.41) is 0. The van der Waals surface area contributed by atoms with E-state index in [2.05, 4.69) is 4.74 Å². The molecular weight excluding hydrogens is 494 g/mol. The van der Waals surface area contributed by atoms with Crippen LogP contribution in [0.1, 0.15) is 23.2 Å². The van der Waals surface area contributed by atoms with Crippen LogP contribution in [0.5, 0.6) is 0 Å². The van der Waals surface area contributed by atoms with E-state index in [-0.39, 0.29) is 12.1 Å². The van der Waals surface area contributed by atoms with Gasteiger partial charge in [0.15, 0.2) is 5.82 Å². The summed E-state index contributed by atoms with van der Waals surface area (Å²) in [5.41, 5.74) is -3.28. The second-order valence-electron chi connectivity index (χ2n) is 5.81. The van der Waals surface area contributed by atoms with Gasteiger partial charge in [-0.25, -0.2) is 30.4 Å². The lowest BCUT2D eigenvalue weighted by Crippen LogP contribution is -2.42. The Hall–Kier alpha value is -2.17. The van der Waals surface area contributed by atoms with E-state index in [1.165, 1.54) is 0 Å². The number of methoxy groups -OCH3 is 1. The lowest BCUT2D eigenvalue weighted by Gasteiger charge is -2.25. The maximum atomic E-state index is 14.7. The van der Waals surface area contributed by atoms with Gasteiger partial charge in [-0.1, -0.05) is 0 Å². The Morgan fingerprint density at radius 2 is 1.32 bits per heavy atom. The molecule has 0 amide bonds. The van der Waals surface area contributed by atoms with E-state index in [0.717, 1.165) is 0 Å². The van der Waals surface area contributed by atoms with Crippen molar-refractivity contribution >= 4 is 31.7 Å². The van der Waals surface area contributed by atoms with Crippen LogP contribution in [-0.4, -0.2) is 53.8 Å². The molecule has 178 valence electrons. The van der Waals surface area contributed by atoms with Crippen molar-refractivity contribution in [1.82, 2.24) is 0 Å². The number of ether oxygens (including phenoxy) is 1. The molecule has 0 aromatic heterocycles. The highest BCUT2D eigenvalue weighted by molar-refractivity contribution is 8.10. The predicted octanol–water partition coefficient (Wildman–Crippen LogP) is 3.12. The molecule has 0 N–H and O–H groups in total. The van der Waals surface area contributed by atoms with E-state index in [4.69, 9.17) is 0 Å². The SMILES string of the molecule is COC(=O)c1c(F)ccc(N(S(=O)(=O)CCC(F)(F)F)S(=O)(=O)CCC(F)(F)F)c1F. The highest BCUT2D eigenvalue weighted by Crippen LogP contribution is 2.33. The maximum absolute atomic E-state index is 14.7. The Kier molecular flexibility index (Phi) is 7.92. The van der Waals surface area contributed by atoms with Crippen molar-refractivity contribution in [2.24, 2.45) is 0 Å². The van der Waals surface area contributed by atoms with Gasteiger partial charge in [-0.2, -0.15) is 30.1 Å². The minimum atomic E-state index is -5.68. The first-order valence-corrected chi connectivity index (χ1v) is 11.0. The van der Waals surface area contributed by atoms with Crippen LogP contribution in [0.15, 0.2) is 12.1 Å². The molecule has 0 saturated heterocycles. The smallest absolute Gasteiger partial charge is 0.390 e. The molecule has 0 saturated carbocycles. The second kappa shape index (κ2) is 9.13. The summed E-state index contributed by atoms with van der Waals surface area (Å²) in [5.74, 6) is -9.58. The van der Waals surface area contributed by atoms with E-state index in [0.29, 0.717) is 7.11 Å². The Labute approximate surface area is 170 Å². The lowest BCUT2D eigenvalue weighted by molar-refractivity contribution is -0.130. The number of hydrogen-bond acceptors (Lipinski definition) is 6. The van der Waals surface area contributed by atoms with Crippen molar-refractivity contribution in [3.63, 3.8) is 0 Å². The van der Waals surface area contributed by atoms with E-state index in [1.54, 1.807) is 0 Å². The largest absolute Gasteiger partial charge is 0.465 e. The number of sulfonamides is 2. The first kappa shape index (κ1) is 26.9. The quantitative estimate of drug-likeness (QED) is 0.396. The molecule has 0 spiro atoms. The average molecular weight is 507 g/mol. The van der Waals surface area contributed by atoms with Gasteiger partial charge in [-0.3, -0.25) is 0 Å². The van der Waals surface area contributed by atoms with Crippen molar-refractivity contribution < 1.29 is 61.5 Å². The molecule has 7 nitrogen and oxygen atoms in total. The fourth-order valence-electron chi connectivity index (χ4n) is 2.10. The maximum Gasteiger partial charge on any atom is 0.390 e. The first-order valence-electron chi connectivity index (χ1n) is 7.78. The average Bonchev–Trinajstić information content (AvgIpc) is 2.59. The number of benzene rings is 1. The third kappa shape index (κ3) is 7.19. The van der Waals surface area contributed by atoms with Crippen molar-refractivity contribution in [1.29, 1.82) is 0 Å². The molecule has 0 aliphatic heterocycles. The number of carbonyl (C=O) groups is 1. The normalized spacial score (nSPS) is 13.2. The number of esters is 1. The Balaban J connectivity index is 3.71. The molecule has 0 atom stereocenters. The first-order chi connectivity index (χ1) is 13.8. The standard InChI is InChI=1S/C14H13F8NO6S2/c1-29-12(24)10-8(15)2-3-9(11(10)16)23(30(25,26)6-4-13(17,18)19)31(27,28)7-5-14(20,21)22/h2-3H,4-7H2,1H3. The minimum Gasteiger partial charge on any atom is -0.465 e. The molecule has 1 aromatic rings. The minimum absolute atomic E-state index is 0.132. The summed E-state index contributed by atoms with van der Waals surface area (Å²) in [6.45, 7) is 0. The van der Waals surface area contributed by atoms with Gasteiger partial charge in [-0.15, -0.1) is 0 Å². The van der Waals surface area contributed by atoms with Gasteiger partial charge in [-0.05, 0) is 12.1 Å². The highest BCUT2D eigenvalue weighted by atomic mass is 32.3. The molecule has 31 heavy (non-hydrogen) atoms. The van der Waals surface area contributed by atoms with Crippen LogP contribution in [0.3, 0.4) is 0 Å². The van der Waals surface area contributed by atoms with Crippen LogP contribution in [0.2, 0.25) is 0 Å². The molecular formula is C14H13F8NO6S2. The zero-order valence-corrected chi connectivity index (χ0v) is 16.9. The molecule has 17 heteroatoms. The Bertz CT molecular complexity index is 986. The van der Waals surface area contributed by atoms with Crippen LogP contribution in [-0.2, 0) is 24.8 Å².